The number of ether oxygens (including phenoxy) is 1. The molecule has 0 radical (unpaired) electrons. The van der Waals surface area contributed by atoms with Crippen molar-refractivity contribution in [2.75, 3.05) is 19.6 Å². The number of piperidine rings is 1. The number of furan rings is 1. The Hall–Kier alpha value is -2.27. The maximum atomic E-state index is 6.62. The van der Waals surface area contributed by atoms with Gasteiger partial charge in [-0.05, 0) is 31.7 Å². The summed E-state index contributed by atoms with van der Waals surface area (Å²) in [7, 11) is 0. The third-order valence-electron chi connectivity index (χ3n) is 6.02. The second kappa shape index (κ2) is 5.88. The molecule has 0 N–H and O–H groups in total. The van der Waals surface area contributed by atoms with Crippen LogP contribution in [0.4, 0.5) is 0 Å². The fourth-order valence-electron chi connectivity index (χ4n) is 4.52. The third kappa shape index (κ3) is 2.37. The number of nitrogens with zero attached hydrogens (tertiary/aromatic N) is 3. The van der Waals surface area contributed by atoms with E-state index in [4.69, 9.17) is 14.3 Å². The molecule has 0 amide bonds. The number of rotatable bonds is 2. The molecule has 0 bridgehead atoms. The predicted octanol–water partition coefficient (Wildman–Crippen LogP) is 3.94. The summed E-state index contributed by atoms with van der Waals surface area (Å²) < 4.78 is 12.5. The Morgan fingerprint density at radius 1 is 1.15 bits per heavy atom. The van der Waals surface area contributed by atoms with E-state index in [0.717, 1.165) is 61.9 Å². The van der Waals surface area contributed by atoms with Gasteiger partial charge in [0, 0.05) is 37.9 Å². The van der Waals surface area contributed by atoms with Gasteiger partial charge in [-0.3, -0.25) is 0 Å². The van der Waals surface area contributed by atoms with Crippen LogP contribution in [0.1, 0.15) is 49.3 Å². The minimum atomic E-state index is -0.339. The average molecular weight is 351 g/mol. The molecule has 5 rings (SSSR count). The number of fused-ring (bicyclic) bond motifs is 4. The fourth-order valence-corrected chi connectivity index (χ4v) is 4.52. The van der Waals surface area contributed by atoms with Gasteiger partial charge in [-0.1, -0.05) is 25.1 Å². The SMILES string of the molecule is CCN1CCC2(CC1)Oc1ccccc1[C@H]1CC(c3ccc(C)o3)=NN12. The van der Waals surface area contributed by atoms with Crippen molar-refractivity contribution in [2.24, 2.45) is 5.10 Å². The number of para-hydroxylation sites is 1. The molecule has 1 fully saturated rings. The lowest BCUT2D eigenvalue weighted by atomic mass is 9.91. The molecule has 4 heterocycles. The molecule has 1 aromatic carbocycles. The molecule has 136 valence electrons. The largest absolute Gasteiger partial charge is 0.466 e. The monoisotopic (exact) mass is 351 g/mol. The molecule has 0 aliphatic carbocycles. The Morgan fingerprint density at radius 3 is 2.69 bits per heavy atom. The number of hydrazone groups is 1. The van der Waals surface area contributed by atoms with Crippen molar-refractivity contribution < 1.29 is 9.15 Å². The van der Waals surface area contributed by atoms with Crippen LogP contribution >= 0.6 is 0 Å². The second-order valence-corrected chi connectivity index (χ2v) is 7.54. The molecule has 0 saturated carbocycles. The first-order valence-corrected chi connectivity index (χ1v) is 9.62. The third-order valence-corrected chi connectivity index (χ3v) is 6.02. The smallest absolute Gasteiger partial charge is 0.200 e. The molecule has 3 aliphatic rings. The molecule has 5 heteroatoms. The first kappa shape index (κ1) is 15.9. The Kier molecular flexibility index (Phi) is 3.60. The summed E-state index contributed by atoms with van der Waals surface area (Å²) in [6.07, 6.45) is 2.81. The summed E-state index contributed by atoms with van der Waals surface area (Å²) in [4.78, 5) is 2.49. The van der Waals surface area contributed by atoms with Crippen LogP contribution in [0.3, 0.4) is 0 Å². The number of hydrogen-bond acceptors (Lipinski definition) is 5. The van der Waals surface area contributed by atoms with Crippen LogP contribution in [0.15, 0.2) is 45.9 Å². The minimum Gasteiger partial charge on any atom is -0.466 e. The lowest BCUT2D eigenvalue weighted by Crippen LogP contribution is -2.59. The van der Waals surface area contributed by atoms with Crippen LogP contribution in [-0.4, -0.2) is 41.0 Å². The highest BCUT2D eigenvalue weighted by molar-refractivity contribution is 5.99. The highest BCUT2D eigenvalue weighted by atomic mass is 16.5. The van der Waals surface area contributed by atoms with Crippen LogP contribution in [-0.2, 0) is 0 Å². The summed E-state index contributed by atoms with van der Waals surface area (Å²) in [6, 6.07) is 12.7. The van der Waals surface area contributed by atoms with E-state index < -0.39 is 0 Å². The maximum absolute atomic E-state index is 6.62. The van der Waals surface area contributed by atoms with Crippen LogP contribution in [0.2, 0.25) is 0 Å². The van der Waals surface area contributed by atoms with Crippen molar-refractivity contribution in [1.29, 1.82) is 0 Å². The predicted molar refractivity (Wildman–Crippen MR) is 100 cm³/mol. The molecule has 1 saturated heterocycles. The van der Waals surface area contributed by atoms with Crippen molar-refractivity contribution in [3.8, 4) is 5.75 Å². The van der Waals surface area contributed by atoms with Gasteiger partial charge >= 0.3 is 0 Å². The molecule has 2 aromatic rings. The van der Waals surface area contributed by atoms with E-state index in [0.29, 0.717) is 0 Å². The van der Waals surface area contributed by atoms with Crippen LogP contribution < -0.4 is 4.74 Å². The van der Waals surface area contributed by atoms with Crippen molar-refractivity contribution in [3.63, 3.8) is 0 Å². The topological polar surface area (TPSA) is 41.2 Å². The fraction of sp³-hybridized carbons (Fsp3) is 0.476. The van der Waals surface area contributed by atoms with Gasteiger partial charge in [-0.25, -0.2) is 5.01 Å². The van der Waals surface area contributed by atoms with Gasteiger partial charge in [-0.2, -0.15) is 5.10 Å². The zero-order valence-electron chi connectivity index (χ0n) is 15.4. The van der Waals surface area contributed by atoms with Gasteiger partial charge in [0.2, 0.25) is 5.72 Å². The summed E-state index contributed by atoms with van der Waals surface area (Å²) >= 11 is 0. The van der Waals surface area contributed by atoms with E-state index in [-0.39, 0.29) is 11.8 Å². The first-order chi connectivity index (χ1) is 12.7. The van der Waals surface area contributed by atoms with Gasteiger partial charge < -0.3 is 14.1 Å². The summed E-state index contributed by atoms with van der Waals surface area (Å²) in [5, 5.41) is 7.28. The molecule has 3 aliphatic heterocycles. The standard InChI is InChI=1S/C21H25N3O2/c1-3-23-12-10-21(11-13-23)24-18(16-6-4-5-7-19(16)26-21)14-17(22-24)20-9-8-15(2)25-20/h4-9,18H,3,10-14H2,1-2H3/t18-/m1/s1. The maximum Gasteiger partial charge on any atom is 0.200 e. The first-order valence-electron chi connectivity index (χ1n) is 9.62. The molecule has 1 aromatic heterocycles. The summed E-state index contributed by atoms with van der Waals surface area (Å²) in [5.74, 6) is 2.83. The molecule has 0 unspecified atom stereocenters. The van der Waals surface area contributed by atoms with Crippen molar-refractivity contribution in [1.82, 2.24) is 9.91 Å². The average Bonchev–Trinajstić information content (AvgIpc) is 3.30. The molecular weight excluding hydrogens is 326 g/mol. The van der Waals surface area contributed by atoms with Gasteiger partial charge in [0.05, 0.1) is 6.04 Å². The molecule has 26 heavy (non-hydrogen) atoms. The van der Waals surface area contributed by atoms with Crippen LogP contribution in [0.25, 0.3) is 0 Å². The number of hydrogen-bond donors (Lipinski definition) is 0. The highest BCUT2D eigenvalue weighted by Gasteiger charge is 2.51. The van der Waals surface area contributed by atoms with Gasteiger partial charge in [-0.15, -0.1) is 0 Å². The quantitative estimate of drug-likeness (QED) is 0.822. The van der Waals surface area contributed by atoms with Gasteiger partial charge in [0.25, 0.3) is 0 Å². The minimum absolute atomic E-state index is 0.230. The van der Waals surface area contributed by atoms with E-state index in [1.54, 1.807) is 0 Å². The Bertz CT molecular complexity index is 848. The van der Waals surface area contributed by atoms with E-state index >= 15 is 0 Å². The van der Waals surface area contributed by atoms with Gasteiger partial charge in [0.15, 0.2) is 0 Å². The van der Waals surface area contributed by atoms with E-state index in [2.05, 4.69) is 41.1 Å². The molecular formula is C21H25N3O2. The normalized spacial score (nSPS) is 24.2. The highest BCUT2D eigenvalue weighted by Crippen LogP contribution is 2.49. The van der Waals surface area contributed by atoms with Gasteiger partial charge in [0.1, 0.15) is 23.0 Å². The van der Waals surface area contributed by atoms with Crippen LogP contribution in [0.5, 0.6) is 5.75 Å². The van der Waals surface area contributed by atoms with Crippen LogP contribution in [0, 0.1) is 6.92 Å². The second-order valence-electron chi connectivity index (χ2n) is 7.54. The molecule has 1 spiro atoms. The zero-order chi connectivity index (χ0) is 17.7. The summed E-state index contributed by atoms with van der Waals surface area (Å²) in [5.41, 5.74) is 1.92. The summed E-state index contributed by atoms with van der Waals surface area (Å²) in [6.45, 7) is 7.39. The lowest BCUT2D eigenvalue weighted by Gasteiger charge is -2.51. The molecule has 1 atom stereocenters. The molecule has 5 nitrogen and oxygen atoms in total. The van der Waals surface area contributed by atoms with Crippen molar-refractivity contribution in [2.45, 2.75) is 44.9 Å². The number of benzene rings is 1. The Balaban J connectivity index is 1.55. The van der Waals surface area contributed by atoms with E-state index in [1.165, 1.54) is 5.56 Å². The zero-order valence-corrected chi connectivity index (χ0v) is 15.4. The van der Waals surface area contributed by atoms with E-state index in [9.17, 15) is 0 Å². The number of likely N-dealkylation sites (tertiary alicyclic amines) is 1. The van der Waals surface area contributed by atoms with E-state index in [1.807, 2.05) is 19.1 Å². The van der Waals surface area contributed by atoms with Crippen molar-refractivity contribution >= 4 is 5.71 Å². The Morgan fingerprint density at radius 2 is 1.96 bits per heavy atom. The van der Waals surface area contributed by atoms with Crippen molar-refractivity contribution in [3.05, 3.63) is 53.5 Å². The number of aryl methyl sites for hydroxylation is 1. The Labute approximate surface area is 154 Å². The lowest BCUT2D eigenvalue weighted by molar-refractivity contribution is -0.149.